The molecular formula is C14H16N2O2. The van der Waals surface area contributed by atoms with E-state index in [4.69, 9.17) is 10.5 Å². The fraction of sp³-hybridized carbons (Fsp3) is 0.357. The van der Waals surface area contributed by atoms with Crippen LogP contribution in [-0.2, 0) is 0 Å². The number of nitrogens with two attached hydrogens (primary N) is 1. The van der Waals surface area contributed by atoms with Gasteiger partial charge in [0.2, 0.25) is 0 Å². The standard InChI is InChI=1S/C14H16N2O2/c1-8-13(14(15)17)11-7-10(18-2)5-6-12(11)16(8)9-3-4-9/h5-7,9H,3-4H2,1-2H3,(H2,15,17). The minimum Gasteiger partial charge on any atom is -0.497 e. The monoisotopic (exact) mass is 244 g/mol. The molecule has 1 aliphatic carbocycles. The molecule has 1 heterocycles. The van der Waals surface area contributed by atoms with Crippen LogP contribution >= 0.6 is 0 Å². The zero-order chi connectivity index (χ0) is 12.9. The summed E-state index contributed by atoms with van der Waals surface area (Å²) in [4.78, 5) is 11.7. The number of ether oxygens (including phenoxy) is 1. The molecule has 4 nitrogen and oxygen atoms in total. The average molecular weight is 244 g/mol. The van der Waals surface area contributed by atoms with Gasteiger partial charge in [-0.3, -0.25) is 4.79 Å². The number of rotatable bonds is 3. The van der Waals surface area contributed by atoms with E-state index in [1.165, 1.54) is 12.8 Å². The molecule has 0 atom stereocenters. The van der Waals surface area contributed by atoms with E-state index in [0.717, 1.165) is 22.3 Å². The van der Waals surface area contributed by atoms with Crippen LogP contribution in [-0.4, -0.2) is 17.6 Å². The lowest BCUT2D eigenvalue weighted by atomic mass is 10.1. The molecule has 1 saturated carbocycles. The van der Waals surface area contributed by atoms with Crippen LogP contribution in [0.2, 0.25) is 0 Å². The van der Waals surface area contributed by atoms with E-state index in [2.05, 4.69) is 4.57 Å². The fourth-order valence-corrected chi connectivity index (χ4v) is 2.66. The molecule has 0 saturated heterocycles. The number of aromatic nitrogens is 1. The van der Waals surface area contributed by atoms with Gasteiger partial charge in [0.15, 0.2) is 0 Å². The number of primary amides is 1. The Kier molecular flexibility index (Phi) is 2.33. The topological polar surface area (TPSA) is 57.2 Å². The van der Waals surface area contributed by atoms with Crippen molar-refractivity contribution >= 4 is 16.8 Å². The summed E-state index contributed by atoms with van der Waals surface area (Å²) in [6.07, 6.45) is 2.35. The first-order valence-corrected chi connectivity index (χ1v) is 6.12. The first-order chi connectivity index (χ1) is 8.63. The first-order valence-electron chi connectivity index (χ1n) is 6.12. The van der Waals surface area contributed by atoms with E-state index in [0.29, 0.717) is 11.6 Å². The molecule has 0 radical (unpaired) electrons. The van der Waals surface area contributed by atoms with Crippen molar-refractivity contribution in [2.75, 3.05) is 7.11 Å². The molecule has 94 valence electrons. The van der Waals surface area contributed by atoms with Gasteiger partial charge in [-0.15, -0.1) is 0 Å². The molecule has 0 bridgehead atoms. The Morgan fingerprint density at radius 3 is 2.72 bits per heavy atom. The molecular weight excluding hydrogens is 228 g/mol. The highest BCUT2D eigenvalue weighted by molar-refractivity contribution is 6.08. The van der Waals surface area contributed by atoms with Crippen molar-refractivity contribution in [3.63, 3.8) is 0 Å². The fourth-order valence-electron chi connectivity index (χ4n) is 2.66. The van der Waals surface area contributed by atoms with Crippen LogP contribution in [0.1, 0.15) is 34.9 Å². The van der Waals surface area contributed by atoms with Crippen molar-refractivity contribution < 1.29 is 9.53 Å². The minimum absolute atomic E-state index is 0.370. The van der Waals surface area contributed by atoms with Crippen LogP contribution in [0.3, 0.4) is 0 Å². The number of nitrogens with zero attached hydrogens (tertiary/aromatic N) is 1. The molecule has 3 rings (SSSR count). The number of methoxy groups -OCH3 is 1. The van der Waals surface area contributed by atoms with Gasteiger partial charge in [0, 0.05) is 22.6 Å². The van der Waals surface area contributed by atoms with Gasteiger partial charge in [0.1, 0.15) is 5.75 Å². The number of benzene rings is 1. The van der Waals surface area contributed by atoms with Gasteiger partial charge >= 0.3 is 0 Å². The highest BCUT2D eigenvalue weighted by atomic mass is 16.5. The quantitative estimate of drug-likeness (QED) is 0.901. The number of hydrogen-bond donors (Lipinski definition) is 1. The van der Waals surface area contributed by atoms with Gasteiger partial charge in [-0.05, 0) is 38.0 Å². The van der Waals surface area contributed by atoms with Crippen molar-refractivity contribution in [1.29, 1.82) is 0 Å². The van der Waals surface area contributed by atoms with E-state index < -0.39 is 0 Å². The molecule has 2 N–H and O–H groups in total. The Morgan fingerprint density at radius 1 is 1.44 bits per heavy atom. The van der Waals surface area contributed by atoms with Crippen LogP contribution in [0, 0.1) is 6.92 Å². The second-order valence-electron chi connectivity index (χ2n) is 4.81. The summed E-state index contributed by atoms with van der Waals surface area (Å²) < 4.78 is 7.45. The summed E-state index contributed by atoms with van der Waals surface area (Å²) in [5.74, 6) is 0.378. The lowest BCUT2D eigenvalue weighted by Crippen LogP contribution is -2.12. The largest absolute Gasteiger partial charge is 0.497 e. The number of carbonyl (C=O) groups is 1. The van der Waals surface area contributed by atoms with Crippen molar-refractivity contribution in [3.05, 3.63) is 29.5 Å². The van der Waals surface area contributed by atoms with E-state index in [1.54, 1.807) is 7.11 Å². The summed E-state index contributed by atoms with van der Waals surface area (Å²) in [6, 6.07) is 6.34. The van der Waals surface area contributed by atoms with E-state index >= 15 is 0 Å². The second kappa shape index (κ2) is 3.77. The lowest BCUT2D eigenvalue weighted by molar-refractivity contribution is 0.100. The maximum absolute atomic E-state index is 11.7. The third-order valence-corrected chi connectivity index (χ3v) is 3.61. The van der Waals surface area contributed by atoms with Gasteiger partial charge < -0.3 is 15.0 Å². The molecule has 4 heteroatoms. The molecule has 1 aromatic carbocycles. The Labute approximate surface area is 105 Å². The van der Waals surface area contributed by atoms with Crippen molar-refractivity contribution in [3.8, 4) is 5.75 Å². The minimum atomic E-state index is -0.370. The summed E-state index contributed by atoms with van der Waals surface area (Å²) in [5.41, 5.74) is 8.17. The third-order valence-electron chi connectivity index (χ3n) is 3.61. The molecule has 18 heavy (non-hydrogen) atoms. The second-order valence-corrected chi connectivity index (χ2v) is 4.81. The molecule has 0 aliphatic heterocycles. The van der Waals surface area contributed by atoms with E-state index in [9.17, 15) is 4.79 Å². The van der Waals surface area contributed by atoms with Gasteiger partial charge in [0.25, 0.3) is 5.91 Å². The SMILES string of the molecule is COc1ccc2c(c1)c(C(N)=O)c(C)n2C1CC1. The molecule has 0 spiro atoms. The van der Waals surface area contributed by atoms with Gasteiger partial charge in [-0.1, -0.05) is 0 Å². The maximum atomic E-state index is 11.7. The number of amides is 1. The number of carbonyl (C=O) groups excluding carboxylic acids is 1. The summed E-state index contributed by atoms with van der Waals surface area (Å²) in [5, 5.41) is 0.895. The molecule has 1 aliphatic rings. The van der Waals surface area contributed by atoms with Crippen LogP contribution in [0.4, 0.5) is 0 Å². The van der Waals surface area contributed by atoms with Crippen LogP contribution in [0.5, 0.6) is 5.75 Å². The smallest absolute Gasteiger partial charge is 0.251 e. The molecule has 2 aromatic rings. The van der Waals surface area contributed by atoms with E-state index in [-0.39, 0.29) is 5.91 Å². The zero-order valence-electron chi connectivity index (χ0n) is 10.6. The van der Waals surface area contributed by atoms with Crippen LogP contribution in [0.15, 0.2) is 18.2 Å². The van der Waals surface area contributed by atoms with Gasteiger partial charge in [0.05, 0.1) is 12.7 Å². The van der Waals surface area contributed by atoms with Crippen LogP contribution in [0.25, 0.3) is 10.9 Å². The molecule has 1 aromatic heterocycles. The van der Waals surface area contributed by atoms with Gasteiger partial charge in [-0.25, -0.2) is 0 Å². The average Bonchev–Trinajstić information content (AvgIpc) is 3.11. The van der Waals surface area contributed by atoms with Crippen molar-refractivity contribution in [2.24, 2.45) is 5.73 Å². The summed E-state index contributed by atoms with van der Waals surface area (Å²) in [6.45, 7) is 1.96. The normalized spacial score (nSPS) is 15.0. The molecule has 0 unspecified atom stereocenters. The Bertz CT molecular complexity index is 639. The number of hydrogen-bond acceptors (Lipinski definition) is 2. The zero-order valence-corrected chi connectivity index (χ0v) is 10.6. The first kappa shape index (κ1) is 11.1. The van der Waals surface area contributed by atoms with Gasteiger partial charge in [-0.2, -0.15) is 0 Å². The maximum Gasteiger partial charge on any atom is 0.251 e. The Hall–Kier alpha value is -1.97. The van der Waals surface area contributed by atoms with Crippen molar-refractivity contribution in [2.45, 2.75) is 25.8 Å². The highest BCUT2D eigenvalue weighted by Crippen LogP contribution is 2.41. The summed E-state index contributed by atoms with van der Waals surface area (Å²) >= 11 is 0. The summed E-state index contributed by atoms with van der Waals surface area (Å²) in [7, 11) is 1.62. The number of fused-ring (bicyclic) bond motifs is 1. The third kappa shape index (κ3) is 1.49. The predicted molar refractivity (Wildman–Crippen MR) is 70.0 cm³/mol. The molecule has 1 amide bonds. The predicted octanol–water partition coefficient (Wildman–Crippen LogP) is 2.39. The van der Waals surface area contributed by atoms with Crippen molar-refractivity contribution in [1.82, 2.24) is 4.57 Å². The Morgan fingerprint density at radius 2 is 2.17 bits per heavy atom. The molecule has 1 fully saturated rings. The van der Waals surface area contributed by atoms with E-state index in [1.807, 2.05) is 25.1 Å². The Balaban J connectivity index is 2.35. The lowest BCUT2D eigenvalue weighted by Gasteiger charge is -2.06. The highest BCUT2D eigenvalue weighted by Gasteiger charge is 2.29. The van der Waals surface area contributed by atoms with Crippen LogP contribution < -0.4 is 10.5 Å².